The minimum Gasteiger partial charge on any atom is -0.357 e. The van der Waals surface area contributed by atoms with Crippen LogP contribution in [0.1, 0.15) is 6.92 Å². The molecule has 1 aromatic rings. The summed E-state index contributed by atoms with van der Waals surface area (Å²) in [5, 5.41) is 6.05. The van der Waals surface area contributed by atoms with Gasteiger partial charge in [-0.3, -0.25) is 4.79 Å². The van der Waals surface area contributed by atoms with E-state index in [4.69, 9.17) is 34.8 Å². The summed E-state index contributed by atoms with van der Waals surface area (Å²) in [5.41, 5.74) is 0. The molecule has 0 aliphatic carbocycles. The third-order valence-electron chi connectivity index (χ3n) is 1.88. The first-order valence-electron chi connectivity index (χ1n) is 4.45. The Balaban J connectivity index is 2.89. The number of rotatable bonds is 3. The van der Waals surface area contributed by atoms with Crippen molar-refractivity contribution in [3.63, 3.8) is 0 Å². The molecule has 1 rings (SSSR count). The highest BCUT2D eigenvalue weighted by molar-refractivity contribution is 6.42. The van der Waals surface area contributed by atoms with Crippen molar-refractivity contribution in [1.82, 2.24) is 10.3 Å². The molecule has 0 saturated carbocycles. The highest BCUT2D eigenvalue weighted by Gasteiger charge is 2.14. The first-order valence-corrected chi connectivity index (χ1v) is 5.58. The van der Waals surface area contributed by atoms with E-state index in [0.717, 1.165) is 0 Å². The standard InChI is InChI=1S/C9H10Cl3N3O/c1-4(9(16)13-2)14-8-6(11)3-5(10)7(12)15-8/h3-4H,1-2H3,(H,13,16)(H,14,15). The van der Waals surface area contributed by atoms with Crippen LogP contribution in [0.4, 0.5) is 5.82 Å². The number of likely N-dealkylation sites (N-methyl/N-ethyl adjacent to an activating group) is 1. The summed E-state index contributed by atoms with van der Waals surface area (Å²) in [4.78, 5) is 15.2. The second-order valence-electron chi connectivity index (χ2n) is 3.07. The summed E-state index contributed by atoms with van der Waals surface area (Å²) < 4.78 is 0. The first-order chi connectivity index (χ1) is 7.45. The van der Waals surface area contributed by atoms with Crippen LogP contribution in [-0.4, -0.2) is 24.0 Å². The Morgan fingerprint density at radius 1 is 1.38 bits per heavy atom. The fraction of sp³-hybridized carbons (Fsp3) is 0.333. The van der Waals surface area contributed by atoms with Crippen molar-refractivity contribution in [2.75, 3.05) is 12.4 Å². The van der Waals surface area contributed by atoms with E-state index in [0.29, 0.717) is 10.8 Å². The van der Waals surface area contributed by atoms with Gasteiger partial charge in [-0.05, 0) is 13.0 Å². The largest absolute Gasteiger partial charge is 0.357 e. The number of hydrogen-bond donors (Lipinski definition) is 2. The summed E-state index contributed by atoms with van der Waals surface area (Å²) in [7, 11) is 1.55. The normalized spacial score (nSPS) is 12.1. The Kier molecular flexibility index (Phi) is 4.65. The second kappa shape index (κ2) is 5.57. The molecule has 2 N–H and O–H groups in total. The fourth-order valence-corrected chi connectivity index (χ4v) is 1.58. The molecule has 1 unspecified atom stereocenters. The lowest BCUT2D eigenvalue weighted by molar-refractivity contribution is -0.121. The zero-order valence-corrected chi connectivity index (χ0v) is 10.9. The molecule has 0 spiro atoms. The lowest BCUT2D eigenvalue weighted by atomic mass is 10.3. The van der Waals surface area contributed by atoms with Gasteiger partial charge in [0.15, 0.2) is 0 Å². The number of nitrogens with one attached hydrogen (secondary N) is 2. The number of nitrogens with zero attached hydrogens (tertiary/aromatic N) is 1. The van der Waals surface area contributed by atoms with E-state index < -0.39 is 6.04 Å². The van der Waals surface area contributed by atoms with Gasteiger partial charge in [0.2, 0.25) is 5.91 Å². The summed E-state index contributed by atoms with van der Waals surface area (Å²) >= 11 is 17.4. The van der Waals surface area contributed by atoms with Gasteiger partial charge >= 0.3 is 0 Å². The molecule has 4 nitrogen and oxygen atoms in total. The van der Waals surface area contributed by atoms with Crippen LogP contribution in [0.3, 0.4) is 0 Å². The van der Waals surface area contributed by atoms with E-state index in [2.05, 4.69) is 15.6 Å². The SMILES string of the molecule is CNC(=O)C(C)Nc1nc(Cl)c(Cl)cc1Cl. The third-order valence-corrected chi connectivity index (χ3v) is 2.84. The number of amides is 1. The average Bonchev–Trinajstić information content (AvgIpc) is 2.24. The first kappa shape index (κ1) is 13.4. The average molecular weight is 283 g/mol. The van der Waals surface area contributed by atoms with E-state index in [1.807, 2.05) is 0 Å². The fourth-order valence-electron chi connectivity index (χ4n) is 1.03. The number of carbonyl (C=O) groups excluding carboxylic acids is 1. The van der Waals surface area contributed by atoms with Crippen LogP contribution in [0.5, 0.6) is 0 Å². The monoisotopic (exact) mass is 281 g/mol. The maximum absolute atomic E-state index is 11.3. The zero-order valence-electron chi connectivity index (χ0n) is 8.64. The molecule has 0 aromatic carbocycles. The van der Waals surface area contributed by atoms with E-state index in [9.17, 15) is 4.79 Å². The Labute approximate surface area is 108 Å². The van der Waals surface area contributed by atoms with Gasteiger partial charge in [0.25, 0.3) is 0 Å². The minimum absolute atomic E-state index is 0.137. The van der Waals surface area contributed by atoms with Crippen LogP contribution in [0, 0.1) is 0 Å². The molecule has 0 saturated heterocycles. The van der Waals surface area contributed by atoms with Crippen LogP contribution in [0.2, 0.25) is 15.2 Å². The maximum Gasteiger partial charge on any atom is 0.241 e. The van der Waals surface area contributed by atoms with Gasteiger partial charge in [-0.25, -0.2) is 4.98 Å². The van der Waals surface area contributed by atoms with E-state index in [1.165, 1.54) is 6.07 Å². The molecule has 0 radical (unpaired) electrons. The third kappa shape index (κ3) is 3.14. The predicted molar refractivity (Wildman–Crippen MR) is 66.4 cm³/mol. The lowest BCUT2D eigenvalue weighted by Crippen LogP contribution is -2.35. The second-order valence-corrected chi connectivity index (χ2v) is 4.24. The molecule has 1 amide bonds. The number of carbonyl (C=O) groups is 1. The summed E-state index contributed by atoms with van der Waals surface area (Å²) in [6.45, 7) is 1.68. The molecule has 88 valence electrons. The van der Waals surface area contributed by atoms with Crippen LogP contribution in [0.15, 0.2) is 6.07 Å². The highest BCUT2D eigenvalue weighted by Crippen LogP contribution is 2.29. The Morgan fingerprint density at radius 2 is 2.00 bits per heavy atom. The van der Waals surface area contributed by atoms with Gasteiger partial charge in [0.05, 0.1) is 10.0 Å². The maximum atomic E-state index is 11.3. The van der Waals surface area contributed by atoms with Crippen LogP contribution >= 0.6 is 34.8 Å². The zero-order chi connectivity index (χ0) is 12.3. The van der Waals surface area contributed by atoms with Gasteiger partial charge in [-0.2, -0.15) is 0 Å². The van der Waals surface area contributed by atoms with Crippen molar-refractivity contribution in [2.24, 2.45) is 0 Å². The minimum atomic E-state index is -0.466. The van der Waals surface area contributed by atoms with Gasteiger partial charge in [0.1, 0.15) is 17.0 Å². The molecule has 7 heteroatoms. The Hall–Kier alpha value is -0.710. The van der Waals surface area contributed by atoms with Crippen LogP contribution in [0.25, 0.3) is 0 Å². The topological polar surface area (TPSA) is 54.0 Å². The van der Waals surface area contributed by atoms with E-state index >= 15 is 0 Å². The smallest absolute Gasteiger partial charge is 0.241 e. The molecule has 0 aliphatic rings. The summed E-state index contributed by atoms with van der Waals surface area (Å²) in [6, 6.07) is 1.00. The van der Waals surface area contributed by atoms with Crippen LogP contribution < -0.4 is 10.6 Å². The van der Waals surface area contributed by atoms with Crippen molar-refractivity contribution in [3.05, 3.63) is 21.3 Å². The molecule has 1 heterocycles. The Morgan fingerprint density at radius 3 is 2.56 bits per heavy atom. The van der Waals surface area contributed by atoms with Gasteiger partial charge in [0, 0.05) is 7.05 Å². The molecule has 0 aliphatic heterocycles. The van der Waals surface area contributed by atoms with Crippen LogP contribution in [-0.2, 0) is 4.79 Å². The predicted octanol–water partition coefficient (Wildman–Crippen LogP) is 2.59. The molecule has 1 aromatic heterocycles. The van der Waals surface area contributed by atoms with Gasteiger partial charge in [-0.15, -0.1) is 0 Å². The Bertz CT molecular complexity index is 411. The quantitative estimate of drug-likeness (QED) is 0.838. The van der Waals surface area contributed by atoms with E-state index in [-0.39, 0.29) is 16.1 Å². The van der Waals surface area contributed by atoms with Crippen molar-refractivity contribution in [3.8, 4) is 0 Å². The lowest BCUT2D eigenvalue weighted by Gasteiger charge is -2.14. The van der Waals surface area contributed by atoms with Gasteiger partial charge in [-0.1, -0.05) is 34.8 Å². The van der Waals surface area contributed by atoms with Gasteiger partial charge < -0.3 is 10.6 Å². The van der Waals surface area contributed by atoms with Crippen molar-refractivity contribution in [2.45, 2.75) is 13.0 Å². The number of aromatic nitrogens is 1. The summed E-state index contributed by atoms with van der Waals surface area (Å²) in [5.74, 6) is 0.149. The summed E-state index contributed by atoms with van der Waals surface area (Å²) in [6.07, 6.45) is 0. The van der Waals surface area contributed by atoms with Crippen molar-refractivity contribution < 1.29 is 4.79 Å². The molecule has 0 bridgehead atoms. The molecular weight excluding hydrogens is 272 g/mol. The number of halogens is 3. The number of anilines is 1. The molecule has 1 atom stereocenters. The molecule has 0 fully saturated rings. The van der Waals surface area contributed by atoms with Crippen molar-refractivity contribution in [1.29, 1.82) is 0 Å². The number of pyridine rings is 1. The molecular formula is C9H10Cl3N3O. The van der Waals surface area contributed by atoms with E-state index in [1.54, 1.807) is 14.0 Å². The highest BCUT2D eigenvalue weighted by atomic mass is 35.5. The van der Waals surface area contributed by atoms with Crippen molar-refractivity contribution >= 4 is 46.5 Å². The number of hydrogen-bond acceptors (Lipinski definition) is 3. The molecule has 16 heavy (non-hydrogen) atoms.